The Morgan fingerprint density at radius 1 is 1.21 bits per heavy atom. The van der Waals surface area contributed by atoms with Crippen molar-refractivity contribution in [1.82, 2.24) is 0 Å². The number of benzene rings is 2. The maximum Gasteiger partial charge on any atom is 0.231 e. The number of hydrogen-bond donors (Lipinski definition) is 2. The Balaban J connectivity index is 0.00000208. The van der Waals surface area contributed by atoms with Crippen LogP contribution in [-0.2, 0) is 13.0 Å². The first-order valence-corrected chi connectivity index (χ1v) is 8.19. The minimum Gasteiger partial charge on any atom is -0.454 e. The smallest absolute Gasteiger partial charge is 0.231 e. The Hall–Kier alpha value is -1.48. The highest BCUT2D eigenvalue weighted by molar-refractivity contribution is 14.0. The Morgan fingerprint density at radius 3 is 2.67 bits per heavy atom. The van der Waals surface area contributed by atoms with Crippen LogP contribution in [0.3, 0.4) is 0 Å². The van der Waals surface area contributed by atoms with Crippen LogP contribution in [0.1, 0.15) is 18.1 Å². The summed E-state index contributed by atoms with van der Waals surface area (Å²) < 4.78 is 11.6. The number of nitrogens with one attached hydrogen (secondary N) is 1. The molecule has 3 rings (SSSR count). The van der Waals surface area contributed by atoms with E-state index in [1.54, 1.807) is 0 Å². The fourth-order valence-corrected chi connectivity index (χ4v) is 2.90. The summed E-state index contributed by atoms with van der Waals surface area (Å²) in [6.45, 7) is 2.83. The summed E-state index contributed by atoms with van der Waals surface area (Å²) >= 11 is 3.47. The van der Waals surface area contributed by atoms with Crippen LogP contribution in [0.5, 0.6) is 11.5 Å². The topological polar surface area (TPSA) is 68.9 Å². The van der Waals surface area contributed by atoms with E-state index in [0.29, 0.717) is 12.5 Å². The van der Waals surface area contributed by atoms with Crippen molar-refractivity contribution in [3.63, 3.8) is 0 Å². The standard InChI is InChI=1S/C17H18BrN3O2.HI/c1-2-11-3-5-13(6-4-11)21-17(19)20-9-12-7-14(18)16-15(8-12)22-10-23-16;/h3-8H,2,9-10H2,1H3,(H3,19,20,21);1H. The second kappa shape index (κ2) is 8.57. The zero-order valence-electron chi connectivity index (χ0n) is 13.2. The van der Waals surface area contributed by atoms with Gasteiger partial charge in [-0.15, -0.1) is 24.0 Å². The molecule has 0 saturated heterocycles. The SMILES string of the molecule is CCc1ccc(NC(N)=NCc2cc(Br)c3c(c2)OCO3)cc1.I. The van der Waals surface area contributed by atoms with Gasteiger partial charge in [-0.25, -0.2) is 4.99 Å². The van der Waals surface area contributed by atoms with Gasteiger partial charge in [-0.1, -0.05) is 19.1 Å². The van der Waals surface area contributed by atoms with E-state index in [1.807, 2.05) is 24.3 Å². The van der Waals surface area contributed by atoms with Crippen molar-refractivity contribution < 1.29 is 9.47 Å². The van der Waals surface area contributed by atoms with E-state index in [1.165, 1.54) is 5.56 Å². The number of halogens is 2. The number of ether oxygens (including phenoxy) is 2. The number of nitrogens with zero attached hydrogens (tertiary/aromatic N) is 1. The number of guanidine groups is 1. The van der Waals surface area contributed by atoms with Crippen LogP contribution < -0.4 is 20.5 Å². The van der Waals surface area contributed by atoms with Crippen molar-refractivity contribution in [3.8, 4) is 11.5 Å². The molecule has 2 aromatic carbocycles. The van der Waals surface area contributed by atoms with E-state index >= 15 is 0 Å². The molecule has 0 amide bonds. The average molecular weight is 504 g/mol. The molecule has 1 aliphatic heterocycles. The van der Waals surface area contributed by atoms with Gasteiger partial charge in [-0.2, -0.15) is 0 Å². The molecule has 0 saturated carbocycles. The lowest BCUT2D eigenvalue weighted by molar-refractivity contribution is 0.173. The predicted octanol–water partition coefficient (Wildman–Crippen LogP) is 4.29. The third-order valence-corrected chi connectivity index (χ3v) is 4.14. The molecule has 5 nitrogen and oxygen atoms in total. The number of fused-ring (bicyclic) bond motifs is 1. The van der Waals surface area contributed by atoms with E-state index < -0.39 is 0 Å². The molecule has 1 heterocycles. The third kappa shape index (κ3) is 4.54. The molecule has 0 aliphatic carbocycles. The normalized spacial score (nSPS) is 12.7. The van der Waals surface area contributed by atoms with Gasteiger partial charge in [0.2, 0.25) is 6.79 Å². The fraction of sp³-hybridized carbons (Fsp3) is 0.235. The van der Waals surface area contributed by atoms with Gasteiger partial charge >= 0.3 is 0 Å². The Morgan fingerprint density at radius 2 is 1.96 bits per heavy atom. The van der Waals surface area contributed by atoms with Gasteiger partial charge in [0, 0.05) is 5.69 Å². The first-order chi connectivity index (χ1) is 11.2. The number of nitrogens with two attached hydrogens (primary N) is 1. The Kier molecular flexibility index (Phi) is 6.73. The quantitative estimate of drug-likeness (QED) is 0.371. The van der Waals surface area contributed by atoms with Gasteiger partial charge in [-0.3, -0.25) is 0 Å². The number of anilines is 1. The van der Waals surface area contributed by atoms with Crippen molar-refractivity contribution >= 4 is 51.6 Å². The Labute approximate surface area is 166 Å². The van der Waals surface area contributed by atoms with Crippen molar-refractivity contribution in [3.05, 3.63) is 52.0 Å². The minimum absolute atomic E-state index is 0. The molecule has 0 radical (unpaired) electrons. The number of aliphatic imine (C=N–C) groups is 1. The molecule has 0 fully saturated rings. The van der Waals surface area contributed by atoms with E-state index in [4.69, 9.17) is 15.2 Å². The molecule has 128 valence electrons. The molecular formula is C17H19BrIN3O2. The predicted molar refractivity (Wildman–Crippen MR) is 110 cm³/mol. The highest BCUT2D eigenvalue weighted by atomic mass is 127. The van der Waals surface area contributed by atoms with Crippen molar-refractivity contribution in [1.29, 1.82) is 0 Å². The zero-order valence-corrected chi connectivity index (χ0v) is 17.1. The summed E-state index contributed by atoms with van der Waals surface area (Å²) in [5.41, 5.74) is 9.15. The van der Waals surface area contributed by atoms with Crippen molar-refractivity contribution in [2.24, 2.45) is 10.7 Å². The van der Waals surface area contributed by atoms with Gasteiger partial charge in [0.15, 0.2) is 17.5 Å². The lowest BCUT2D eigenvalue weighted by atomic mass is 10.1. The highest BCUT2D eigenvalue weighted by Crippen LogP contribution is 2.40. The van der Waals surface area contributed by atoms with Crippen LogP contribution in [0.15, 0.2) is 45.9 Å². The number of aryl methyl sites for hydroxylation is 1. The van der Waals surface area contributed by atoms with Crippen LogP contribution in [0.2, 0.25) is 0 Å². The molecule has 0 unspecified atom stereocenters. The van der Waals surface area contributed by atoms with Crippen molar-refractivity contribution in [2.45, 2.75) is 19.9 Å². The van der Waals surface area contributed by atoms with Crippen LogP contribution in [0.25, 0.3) is 0 Å². The summed E-state index contributed by atoms with van der Waals surface area (Å²) in [5, 5.41) is 3.09. The lowest BCUT2D eigenvalue weighted by Gasteiger charge is -2.07. The summed E-state index contributed by atoms with van der Waals surface area (Å²) in [5.74, 6) is 1.84. The molecule has 3 N–H and O–H groups in total. The minimum atomic E-state index is 0. The second-order valence-corrected chi connectivity index (χ2v) is 6.04. The summed E-state index contributed by atoms with van der Waals surface area (Å²) in [6, 6.07) is 12.0. The van der Waals surface area contributed by atoms with Gasteiger partial charge in [0.25, 0.3) is 0 Å². The lowest BCUT2D eigenvalue weighted by Crippen LogP contribution is -2.22. The first-order valence-electron chi connectivity index (χ1n) is 7.39. The summed E-state index contributed by atoms with van der Waals surface area (Å²) in [4.78, 5) is 4.36. The van der Waals surface area contributed by atoms with Gasteiger partial charge in [0.05, 0.1) is 11.0 Å². The monoisotopic (exact) mass is 503 g/mol. The van der Waals surface area contributed by atoms with Gasteiger partial charge in [-0.05, 0) is 57.7 Å². The van der Waals surface area contributed by atoms with Crippen LogP contribution in [0, 0.1) is 0 Å². The highest BCUT2D eigenvalue weighted by Gasteiger charge is 2.17. The maximum atomic E-state index is 5.95. The molecule has 0 bridgehead atoms. The molecule has 0 atom stereocenters. The number of rotatable bonds is 4. The molecule has 1 aliphatic rings. The molecule has 24 heavy (non-hydrogen) atoms. The zero-order chi connectivity index (χ0) is 16.2. The fourth-order valence-electron chi connectivity index (χ4n) is 2.30. The van der Waals surface area contributed by atoms with E-state index in [-0.39, 0.29) is 30.8 Å². The summed E-state index contributed by atoms with van der Waals surface area (Å²) in [6.07, 6.45) is 1.02. The molecule has 0 spiro atoms. The first kappa shape index (κ1) is 18.9. The molecule has 2 aromatic rings. The maximum absolute atomic E-state index is 5.95. The average Bonchev–Trinajstić information content (AvgIpc) is 3.03. The molecule has 7 heteroatoms. The van der Waals surface area contributed by atoms with Crippen LogP contribution in [-0.4, -0.2) is 12.8 Å². The summed E-state index contributed by atoms with van der Waals surface area (Å²) in [7, 11) is 0. The molecular weight excluding hydrogens is 485 g/mol. The van der Waals surface area contributed by atoms with Crippen LogP contribution >= 0.6 is 39.9 Å². The van der Waals surface area contributed by atoms with E-state index in [2.05, 4.69) is 45.3 Å². The Bertz CT molecular complexity index is 735. The van der Waals surface area contributed by atoms with Gasteiger partial charge in [0.1, 0.15) is 0 Å². The van der Waals surface area contributed by atoms with E-state index in [9.17, 15) is 0 Å². The van der Waals surface area contributed by atoms with Crippen molar-refractivity contribution in [2.75, 3.05) is 12.1 Å². The van der Waals surface area contributed by atoms with Gasteiger partial charge < -0.3 is 20.5 Å². The largest absolute Gasteiger partial charge is 0.454 e. The van der Waals surface area contributed by atoms with Crippen LogP contribution in [0.4, 0.5) is 5.69 Å². The number of hydrogen-bond acceptors (Lipinski definition) is 3. The second-order valence-electron chi connectivity index (χ2n) is 5.19. The van der Waals surface area contributed by atoms with E-state index in [0.717, 1.165) is 33.6 Å². The third-order valence-electron chi connectivity index (χ3n) is 3.55. The molecule has 0 aromatic heterocycles.